The Balaban J connectivity index is 0.00000196. The van der Waals surface area contributed by atoms with E-state index in [4.69, 9.17) is 9.47 Å². The Hall–Kier alpha value is -2.11. The molecule has 0 spiro atoms. The van der Waals surface area contributed by atoms with Crippen LogP contribution in [0.5, 0.6) is 23.0 Å². The van der Waals surface area contributed by atoms with Crippen LogP contribution in [-0.4, -0.2) is 42.5 Å². The van der Waals surface area contributed by atoms with Crippen LogP contribution in [0.1, 0.15) is 28.3 Å². The molecule has 0 saturated carbocycles. The highest BCUT2D eigenvalue weighted by molar-refractivity contribution is 5.52. The summed E-state index contributed by atoms with van der Waals surface area (Å²) in [6.45, 7) is 1.75. The van der Waals surface area contributed by atoms with Crippen LogP contribution in [0.4, 0.5) is 0 Å². The van der Waals surface area contributed by atoms with Crippen LogP contribution in [-0.2, 0) is 19.4 Å². The average Bonchev–Trinajstić information content (AvgIpc) is 2.60. The first-order valence-corrected chi connectivity index (χ1v) is 8.58. The fourth-order valence-corrected chi connectivity index (χ4v) is 4.46. The van der Waals surface area contributed by atoms with Crippen molar-refractivity contribution in [2.45, 2.75) is 25.4 Å². The van der Waals surface area contributed by atoms with Crippen molar-refractivity contribution in [1.29, 1.82) is 0 Å². The lowest BCUT2D eigenvalue weighted by Crippen LogP contribution is -3.00. The van der Waals surface area contributed by atoms with Gasteiger partial charge in [-0.25, -0.2) is 0 Å². The zero-order valence-electron chi connectivity index (χ0n) is 15.3. The van der Waals surface area contributed by atoms with E-state index in [1.54, 1.807) is 14.2 Å². The van der Waals surface area contributed by atoms with Gasteiger partial charge in [0.1, 0.15) is 12.6 Å². The maximum Gasteiger partial charge on any atom is 0.166 e. The Morgan fingerprint density at radius 3 is 2.46 bits per heavy atom. The summed E-state index contributed by atoms with van der Waals surface area (Å²) < 4.78 is 11.4. The molecule has 0 bridgehead atoms. The summed E-state index contributed by atoms with van der Waals surface area (Å²) >= 11 is 0. The van der Waals surface area contributed by atoms with Gasteiger partial charge in [-0.2, -0.15) is 0 Å². The highest BCUT2D eigenvalue weighted by Crippen LogP contribution is 2.48. The van der Waals surface area contributed by atoms with Crippen molar-refractivity contribution >= 4 is 0 Å². The third kappa shape index (κ3) is 2.66. The van der Waals surface area contributed by atoms with E-state index in [-0.39, 0.29) is 29.9 Å². The molecule has 26 heavy (non-hydrogen) atoms. The lowest BCUT2D eigenvalue weighted by molar-refractivity contribution is -0.956. The molecule has 0 fully saturated rings. The highest BCUT2D eigenvalue weighted by atomic mass is 35.5. The van der Waals surface area contributed by atoms with Gasteiger partial charge in [0, 0.05) is 18.4 Å². The van der Waals surface area contributed by atoms with E-state index in [0.717, 1.165) is 41.5 Å². The van der Waals surface area contributed by atoms with E-state index in [1.165, 1.54) is 11.1 Å². The predicted octanol–water partition coefficient (Wildman–Crippen LogP) is -0.0809. The second-order valence-corrected chi connectivity index (χ2v) is 7.31. The number of nitrogens with zero attached hydrogens (tertiary/aromatic N) is 1. The average molecular weight is 378 g/mol. The van der Waals surface area contributed by atoms with Crippen molar-refractivity contribution in [3.63, 3.8) is 0 Å². The van der Waals surface area contributed by atoms with Crippen molar-refractivity contribution in [3.8, 4) is 23.0 Å². The van der Waals surface area contributed by atoms with Gasteiger partial charge < -0.3 is 36.6 Å². The third-order valence-electron chi connectivity index (χ3n) is 5.94. The second-order valence-electron chi connectivity index (χ2n) is 7.31. The molecule has 0 radical (unpaired) electrons. The molecule has 0 amide bonds. The fraction of sp³-hybridized carbons (Fsp3) is 0.400. The molecule has 0 saturated heterocycles. The van der Waals surface area contributed by atoms with Crippen molar-refractivity contribution in [3.05, 3.63) is 46.5 Å². The summed E-state index contributed by atoms with van der Waals surface area (Å²) in [5, 5.41) is 20.8. The Kier molecular flexibility index (Phi) is 4.71. The van der Waals surface area contributed by atoms with E-state index in [1.807, 2.05) is 18.2 Å². The molecule has 2 aliphatic rings. The number of quaternary nitrogens is 1. The molecule has 2 atom stereocenters. The largest absolute Gasteiger partial charge is 1.00 e. The molecular formula is C20H24ClNO4. The number of methoxy groups -OCH3 is 2. The summed E-state index contributed by atoms with van der Waals surface area (Å²) in [4.78, 5) is 0. The Bertz CT molecular complexity index is 854. The molecule has 0 aromatic heterocycles. The normalized spacial score (nSPS) is 23.1. The summed E-state index contributed by atoms with van der Waals surface area (Å²) in [6, 6.07) is 7.98. The first-order valence-electron chi connectivity index (χ1n) is 8.58. The molecule has 140 valence electrons. The van der Waals surface area contributed by atoms with Gasteiger partial charge in [0.05, 0.1) is 33.4 Å². The smallest absolute Gasteiger partial charge is 0.166 e. The number of phenols is 2. The molecule has 2 unspecified atom stereocenters. The van der Waals surface area contributed by atoms with Crippen LogP contribution in [0.15, 0.2) is 24.3 Å². The van der Waals surface area contributed by atoms with Gasteiger partial charge in [-0.3, -0.25) is 0 Å². The summed E-state index contributed by atoms with van der Waals surface area (Å²) in [7, 11) is 5.39. The summed E-state index contributed by atoms with van der Waals surface area (Å²) in [5.74, 6) is 1.52. The number of aromatic hydroxyl groups is 2. The molecule has 5 nitrogen and oxygen atoms in total. The Morgan fingerprint density at radius 2 is 1.77 bits per heavy atom. The fourth-order valence-electron chi connectivity index (χ4n) is 4.46. The van der Waals surface area contributed by atoms with E-state index in [0.29, 0.717) is 11.5 Å². The first kappa shape index (κ1) is 18.7. The number of halogens is 1. The van der Waals surface area contributed by atoms with Crippen molar-refractivity contribution in [2.24, 2.45) is 0 Å². The lowest BCUT2D eigenvalue weighted by atomic mass is 9.81. The second kappa shape index (κ2) is 6.56. The predicted molar refractivity (Wildman–Crippen MR) is 94.2 cm³/mol. The quantitative estimate of drug-likeness (QED) is 0.719. The van der Waals surface area contributed by atoms with Crippen LogP contribution in [0.3, 0.4) is 0 Å². The molecule has 2 N–H and O–H groups in total. The van der Waals surface area contributed by atoms with Crippen molar-refractivity contribution in [2.75, 3.05) is 27.8 Å². The van der Waals surface area contributed by atoms with Gasteiger partial charge >= 0.3 is 0 Å². The monoisotopic (exact) mass is 377 g/mol. The number of likely N-dealkylation sites (N-methyl/N-ethyl adjacent to an activating group) is 1. The van der Waals surface area contributed by atoms with Gasteiger partial charge in [0.15, 0.2) is 23.0 Å². The van der Waals surface area contributed by atoms with Crippen LogP contribution in [0, 0.1) is 0 Å². The third-order valence-corrected chi connectivity index (χ3v) is 5.94. The minimum Gasteiger partial charge on any atom is -1.00 e. The number of hydrogen-bond acceptors (Lipinski definition) is 4. The molecule has 0 aliphatic carbocycles. The molecular weight excluding hydrogens is 354 g/mol. The van der Waals surface area contributed by atoms with E-state index >= 15 is 0 Å². The Morgan fingerprint density at radius 1 is 1.04 bits per heavy atom. The molecule has 2 aromatic rings. The molecule has 2 aromatic carbocycles. The van der Waals surface area contributed by atoms with Gasteiger partial charge in [-0.05, 0) is 29.3 Å². The number of rotatable bonds is 2. The summed E-state index contributed by atoms with van der Waals surface area (Å²) in [6.07, 6.45) is 1.77. The highest BCUT2D eigenvalue weighted by Gasteiger charge is 2.44. The molecule has 2 aliphatic heterocycles. The number of phenolic OH excluding ortho intramolecular Hbond substituents is 2. The zero-order chi connectivity index (χ0) is 17.8. The lowest BCUT2D eigenvalue weighted by Gasteiger charge is -2.49. The minimum absolute atomic E-state index is 0. The van der Waals surface area contributed by atoms with E-state index in [9.17, 15) is 10.2 Å². The van der Waals surface area contributed by atoms with E-state index < -0.39 is 0 Å². The van der Waals surface area contributed by atoms with Crippen LogP contribution >= 0.6 is 0 Å². The van der Waals surface area contributed by atoms with Gasteiger partial charge in [0.2, 0.25) is 0 Å². The van der Waals surface area contributed by atoms with Crippen LogP contribution < -0.4 is 21.9 Å². The van der Waals surface area contributed by atoms with Gasteiger partial charge in [-0.15, -0.1) is 0 Å². The van der Waals surface area contributed by atoms with E-state index in [2.05, 4.69) is 13.1 Å². The SMILES string of the molecule is COc1cc2c(cc1O)C1Cc3ccc(OC)c(O)c3C[N+]1(C)CC2.[Cl-]. The minimum atomic E-state index is 0. The molecule has 4 rings (SSSR count). The van der Waals surface area contributed by atoms with Gasteiger partial charge in [-0.1, -0.05) is 6.07 Å². The van der Waals surface area contributed by atoms with Crippen molar-refractivity contribution in [1.82, 2.24) is 0 Å². The van der Waals surface area contributed by atoms with Crippen LogP contribution in [0.25, 0.3) is 0 Å². The van der Waals surface area contributed by atoms with Gasteiger partial charge in [0.25, 0.3) is 0 Å². The maximum absolute atomic E-state index is 10.6. The summed E-state index contributed by atoms with van der Waals surface area (Å²) in [5.41, 5.74) is 4.57. The zero-order valence-corrected chi connectivity index (χ0v) is 16.0. The number of ether oxygens (including phenoxy) is 2. The topological polar surface area (TPSA) is 58.9 Å². The first-order chi connectivity index (χ1) is 12.0. The molecule has 6 heteroatoms. The van der Waals surface area contributed by atoms with Crippen LogP contribution in [0.2, 0.25) is 0 Å². The maximum atomic E-state index is 10.6. The number of fused-ring (bicyclic) bond motifs is 4. The standard InChI is InChI=1S/C20H23NO4.ClH/c1-21-7-6-13-9-19(25-3)17(22)10-14(13)16(21)8-12-4-5-18(24-2)20(23)15(12)11-21;/h4-5,9-10,16H,6-8,11H2,1-3H3,(H-,22,23);1H. The van der Waals surface area contributed by atoms with Crippen molar-refractivity contribution < 1.29 is 36.6 Å². The number of hydrogen-bond donors (Lipinski definition) is 2. The molecule has 2 heterocycles. The Labute approximate surface area is 159 Å². The number of benzene rings is 2.